The van der Waals surface area contributed by atoms with Crippen LogP contribution in [0.4, 0.5) is 11.4 Å². The van der Waals surface area contributed by atoms with E-state index < -0.39 is 4.92 Å². The standard InChI is InChI=1S/C12H15ClN2O2S/c1-9-7-10(15(16)17)8-11(13)12(9)14-3-2-5-18-6-4-14/h7-8H,2-6H2,1H3. The third kappa shape index (κ3) is 2.90. The molecule has 1 fully saturated rings. The Hall–Kier alpha value is -0.940. The predicted molar refractivity (Wildman–Crippen MR) is 77.0 cm³/mol. The van der Waals surface area contributed by atoms with Gasteiger partial charge in [0.15, 0.2) is 0 Å². The van der Waals surface area contributed by atoms with Gasteiger partial charge in [0, 0.05) is 31.0 Å². The second-order valence-electron chi connectivity index (χ2n) is 4.30. The number of hydrogen-bond donors (Lipinski definition) is 0. The molecule has 4 nitrogen and oxygen atoms in total. The van der Waals surface area contributed by atoms with E-state index >= 15 is 0 Å². The van der Waals surface area contributed by atoms with E-state index in [4.69, 9.17) is 11.6 Å². The van der Waals surface area contributed by atoms with Crippen LogP contribution in [0.25, 0.3) is 0 Å². The second kappa shape index (κ2) is 5.80. The number of hydrogen-bond acceptors (Lipinski definition) is 4. The van der Waals surface area contributed by atoms with Crippen LogP contribution >= 0.6 is 23.4 Å². The highest BCUT2D eigenvalue weighted by Gasteiger charge is 2.19. The lowest BCUT2D eigenvalue weighted by atomic mass is 10.1. The number of nitro benzene ring substituents is 1. The van der Waals surface area contributed by atoms with Crippen molar-refractivity contribution in [2.45, 2.75) is 13.3 Å². The molecular weight excluding hydrogens is 272 g/mol. The van der Waals surface area contributed by atoms with E-state index in [-0.39, 0.29) is 5.69 Å². The Morgan fingerprint density at radius 1 is 1.39 bits per heavy atom. The third-order valence-corrected chi connectivity index (χ3v) is 4.32. The van der Waals surface area contributed by atoms with Gasteiger partial charge in [0.2, 0.25) is 0 Å². The molecule has 0 radical (unpaired) electrons. The molecule has 98 valence electrons. The van der Waals surface area contributed by atoms with E-state index in [1.807, 2.05) is 18.7 Å². The Labute approximate surface area is 115 Å². The van der Waals surface area contributed by atoms with Crippen molar-refractivity contribution in [2.75, 3.05) is 29.5 Å². The summed E-state index contributed by atoms with van der Waals surface area (Å²) < 4.78 is 0. The highest BCUT2D eigenvalue weighted by atomic mass is 35.5. The molecule has 0 atom stereocenters. The Balaban J connectivity index is 2.34. The van der Waals surface area contributed by atoms with Crippen LogP contribution in [0.5, 0.6) is 0 Å². The monoisotopic (exact) mass is 286 g/mol. The predicted octanol–water partition coefficient (Wildman–Crippen LogP) is 3.50. The largest absolute Gasteiger partial charge is 0.369 e. The minimum atomic E-state index is -0.402. The maximum Gasteiger partial charge on any atom is 0.271 e. The van der Waals surface area contributed by atoms with Crippen molar-refractivity contribution >= 4 is 34.7 Å². The SMILES string of the molecule is Cc1cc([N+](=O)[O-])cc(Cl)c1N1CCCSCC1. The van der Waals surface area contributed by atoms with Gasteiger partial charge in [-0.05, 0) is 24.7 Å². The first-order valence-electron chi connectivity index (χ1n) is 5.87. The first-order chi connectivity index (χ1) is 8.59. The molecule has 1 aromatic rings. The van der Waals surface area contributed by atoms with Gasteiger partial charge in [0.25, 0.3) is 5.69 Å². The van der Waals surface area contributed by atoms with Crippen molar-refractivity contribution in [3.8, 4) is 0 Å². The Morgan fingerprint density at radius 3 is 2.83 bits per heavy atom. The van der Waals surface area contributed by atoms with Gasteiger partial charge in [-0.15, -0.1) is 0 Å². The number of thioether (sulfide) groups is 1. The number of anilines is 1. The molecule has 0 bridgehead atoms. The number of benzene rings is 1. The quantitative estimate of drug-likeness (QED) is 0.617. The minimum Gasteiger partial charge on any atom is -0.369 e. The van der Waals surface area contributed by atoms with Crippen molar-refractivity contribution in [2.24, 2.45) is 0 Å². The normalized spacial score (nSPS) is 16.4. The fraction of sp³-hybridized carbons (Fsp3) is 0.500. The number of non-ortho nitro benzene ring substituents is 1. The van der Waals surface area contributed by atoms with Crippen LogP contribution < -0.4 is 4.90 Å². The zero-order chi connectivity index (χ0) is 13.1. The first-order valence-corrected chi connectivity index (χ1v) is 7.40. The average Bonchev–Trinajstić information content (AvgIpc) is 2.57. The van der Waals surface area contributed by atoms with E-state index in [0.717, 1.165) is 36.5 Å². The zero-order valence-corrected chi connectivity index (χ0v) is 11.8. The van der Waals surface area contributed by atoms with Gasteiger partial charge in [-0.2, -0.15) is 11.8 Å². The van der Waals surface area contributed by atoms with Gasteiger partial charge in [-0.1, -0.05) is 11.6 Å². The lowest BCUT2D eigenvalue weighted by Crippen LogP contribution is -2.26. The molecule has 1 aromatic carbocycles. The maximum atomic E-state index is 10.8. The molecule has 1 aliphatic heterocycles. The van der Waals surface area contributed by atoms with Gasteiger partial charge in [-0.25, -0.2) is 0 Å². The first kappa shape index (κ1) is 13.5. The summed E-state index contributed by atoms with van der Waals surface area (Å²) in [6, 6.07) is 3.04. The Morgan fingerprint density at radius 2 is 2.17 bits per heavy atom. The summed E-state index contributed by atoms with van der Waals surface area (Å²) in [6.07, 6.45) is 1.12. The summed E-state index contributed by atoms with van der Waals surface area (Å²) in [4.78, 5) is 12.6. The fourth-order valence-corrected chi connectivity index (χ4v) is 3.46. The summed E-state index contributed by atoms with van der Waals surface area (Å²) in [7, 11) is 0. The van der Waals surface area contributed by atoms with Crippen molar-refractivity contribution in [3.05, 3.63) is 32.8 Å². The topological polar surface area (TPSA) is 46.4 Å². The van der Waals surface area contributed by atoms with Crippen LogP contribution in [0.3, 0.4) is 0 Å². The van der Waals surface area contributed by atoms with Crippen molar-refractivity contribution in [3.63, 3.8) is 0 Å². The number of halogens is 1. The zero-order valence-electron chi connectivity index (χ0n) is 10.2. The van der Waals surface area contributed by atoms with Crippen LogP contribution in [0, 0.1) is 17.0 Å². The van der Waals surface area contributed by atoms with E-state index in [2.05, 4.69) is 4.90 Å². The number of aryl methyl sites for hydroxylation is 1. The molecule has 1 saturated heterocycles. The van der Waals surface area contributed by atoms with E-state index in [0.29, 0.717) is 5.02 Å². The highest BCUT2D eigenvalue weighted by Crippen LogP contribution is 2.34. The molecule has 0 saturated carbocycles. The van der Waals surface area contributed by atoms with Gasteiger partial charge in [0.1, 0.15) is 0 Å². The molecule has 0 aromatic heterocycles. The number of nitro groups is 1. The number of nitrogens with zero attached hydrogens (tertiary/aromatic N) is 2. The lowest BCUT2D eigenvalue weighted by Gasteiger charge is -2.25. The summed E-state index contributed by atoms with van der Waals surface area (Å²) in [6.45, 7) is 3.79. The van der Waals surface area contributed by atoms with Crippen LogP contribution in [-0.2, 0) is 0 Å². The number of rotatable bonds is 2. The van der Waals surface area contributed by atoms with E-state index in [1.54, 1.807) is 6.07 Å². The van der Waals surface area contributed by atoms with Gasteiger partial charge >= 0.3 is 0 Å². The molecule has 0 spiro atoms. The molecule has 0 N–H and O–H groups in total. The molecule has 0 amide bonds. The van der Waals surface area contributed by atoms with Gasteiger partial charge in [-0.3, -0.25) is 10.1 Å². The Kier molecular flexibility index (Phi) is 4.35. The average molecular weight is 287 g/mol. The van der Waals surface area contributed by atoms with Crippen molar-refractivity contribution < 1.29 is 4.92 Å². The van der Waals surface area contributed by atoms with Crippen LogP contribution in [0.15, 0.2) is 12.1 Å². The van der Waals surface area contributed by atoms with Crippen molar-refractivity contribution in [1.82, 2.24) is 0 Å². The second-order valence-corrected chi connectivity index (χ2v) is 5.94. The molecule has 1 heterocycles. The Bertz CT molecular complexity index is 436. The maximum absolute atomic E-state index is 10.8. The van der Waals surface area contributed by atoms with Crippen LogP contribution in [-0.4, -0.2) is 29.5 Å². The smallest absolute Gasteiger partial charge is 0.271 e. The molecular formula is C12H15ClN2O2S. The summed E-state index contributed by atoms with van der Waals surface area (Å²) >= 11 is 8.15. The molecule has 0 unspecified atom stereocenters. The van der Waals surface area contributed by atoms with E-state index in [1.165, 1.54) is 11.8 Å². The molecule has 6 heteroatoms. The fourth-order valence-electron chi connectivity index (χ4n) is 2.19. The summed E-state index contributed by atoms with van der Waals surface area (Å²) in [5.74, 6) is 2.24. The molecule has 0 aliphatic carbocycles. The van der Waals surface area contributed by atoms with Crippen LogP contribution in [0.1, 0.15) is 12.0 Å². The van der Waals surface area contributed by atoms with Gasteiger partial charge < -0.3 is 4.90 Å². The van der Waals surface area contributed by atoms with Crippen LogP contribution in [0.2, 0.25) is 5.02 Å². The summed E-state index contributed by atoms with van der Waals surface area (Å²) in [5, 5.41) is 11.3. The van der Waals surface area contributed by atoms with Crippen molar-refractivity contribution in [1.29, 1.82) is 0 Å². The van der Waals surface area contributed by atoms with E-state index in [9.17, 15) is 10.1 Å². The lowest BCUT2D eigenvalue weighted by molar-refractivity contribution is -0.384. The highest BCUT2D eigenvalue weighted by molar-refractivity contribution is 7.99. The molecule has 1 aliphatic rings. The van der Waals surface area contributed by atoms with Gasteiger partial charge in [0.05, 0.1) is 15.6 Å². The molecule has 2 rings (SSSR count). The minimum absolute atomic E-state index is 0.0606. The summed E-state index contributed by atoms with van der Waals surface area (Å²) in [5.41, 5.74) is 1.89. The third-order valence-electron chi connectivity index (χ3n) is 2.99. The molecule has 18 heavy (non-hydrogen) atoms.